The minimum Gasteiger partial charge on any atom is -0.497 e. The van der Waals surface area contributed by atoms with Gasteiger partial charge in [-0.15, -0.1) is 0 Å². The predicted molar refractivity (Wildman–Crippen MR) is 156 cm³/mol. The molecule has 0 aromatic heterocycles. The standard InChI is InChI=1S/C30H33ClFN3O6S/c1-20-17-35(21(2)16-34(20)18-22-4-7-25(32)8-5-22)30(37)19-41-28-13-6-24(31)14-23(28)15-29(36)33-42(38,39)27-11-9-26(40-3)10-12-27/h4-14,20-21H,15-19H2,1-3H3,(H,33,36). The molecule has 224 valence electrons. The average Bonchev–Trinajstić information content (AvgIpc) is 2.95. The Morgan fingerprint density at radius 3 is 2.36 bits per heavy atom. The maximum atomic E-state index is 13.3. The lowest BCUT2D eigenvalue weighted by atomic mass is 10.1. The first kappa shape index (κ1) is 31.3. The molecule has 9 nitrogen and oxygen atoms in total. The van der Waals surface area contributed by atoms with Crippen LogP contribution in [0.5, 0.6) is 11.5 Å². The molecular weight excluding hydrogens is 585 g/mol. The second-order valence-corrected chi connectivity index (χ2v) is 12.3. The highest BCUT2D eigenvalue weighted by Crippen LogP contribution is 2.25. The minimum absolute atomic E-state index is 0.0673. The molecule has 0 aliphatic carbocycles. The molecule has 1 aliphatic rings. The van der Waals surface area contributed by atoms with E-state index in [-0.39, 0.29) is 47.5 Å². The summed E-state index contributed by atoms with van der Waals surface area (Å²) in [4.78, 5) is 29.8. The molecule has 42 heavy (non-hydrogen) atoms. The number of ether oxygens (including phenoxy) is 2. The van der Waals surface area contributed by atoms with E-state index in [1.807, 2.05) is 13.8 Å². The Morgan fingerprint density at radius 2 is 1.69 bits per heavy atom. The topological polar surface area (TPSA) is 105 Å². The van der Waals surface area contributed by atoms with Crippen LogP contribution in [-0.2, 0) is 32.6 Å². The van der Waals surface area contributed by atoms with Gasteiger partial charge in [0.2, 0.25) is 5.91 Å². The molecule has 1 heterocycles. The number of carbonyl (C=O) groups excluding carboxylic acids is 2. The van der Waals surface area contributed by atoms with E-state index in [2.05, 4.69) is 9.62 Å². The SMILES string of the molecule is COc1ccc(S(=O)(=O)NC(=O)Cc2cc(Cl)ccc2OCC(=O)N2CC(C)N(Cc3ccc(F)cc3)CC2C)cc1. The van der Waals surface area contributed by atoms with Crippen LogP contribution in [0.15, 0.2) is 71.6 Å². The van der Waals surface area contributed by atoms with Gasteiger partial charge in [-0.1, -0.05) is 23.7 Å². The van der Waals surface area contributed by atoms with Gasteiger partial charge in [-0.25, -0.2) is 17.5 Å². The van der Waals surface area contributed by atoms with Gasteiger partial charge in [0.05, 0.1) is 18.4 Å². The molecular formula is C30H33ClFN3O6S. The van der Waals surface area contributed by atoms with Crippen LogP contribution in [0.25, 0.3) is 0 Å². The number of sulfonamides is 1. The number of nitrogens with one attached hydrogen (secondary N) is 1. The molecule has 1 fully saturated rings. The summed E-state index contributed by atoms with van der Waals surface area (Å²) in [6, 6.07) is 16.6. The van der Waals surface area contributed by atoms with E-state index in [1.165, 1.54) is 49.6 Å². The quantitative estimate of drug-likeness (QED) is 0.366. The summed E-state index contributed by atoms with van der Waals surface area (Å²) in [5, 5.41) is 0.328. The van der Waals surface area contributed by atoms with Crippen molar-refractivity contribution in [2.24, 2.45) is 0 Å². The van der Waals surface area contributed by atoms with Gasteiger partial charge in [0.25, 0.3) is 15.9 Å². The van der Waals surface area contributed by atoms with Crippen LogP contribution in [0.3, 0.4) is 0 Å². The van der Waals surface area contributed by atoms with Crippen molar-refractivity contribution < 1.29 is 31.9 Å². The van der Waals surface area contributed by atoms with Gasteiger partial charge >= 0.3 is 0 Å². The van der Waals surface area contributed by atoms with Crippen LogP contribution in [0.4, 0.5) is 4.39 Å². The Labute approximate surface area is 250 Å². The maximum Gasteiger partial charge on any atom is 0.264 e. The van der Waals surface area contributed by atoms with Crippen LogP contribution in [0.2, 0.25) is 5.02 Å². The zero-order chi connectivity index (χ0) is 30.4. The van der Waals surface area contributed by atoms with Gasteiger partial charge in [0, 0.05) is 42.3 Å². The van der Waals surface area contributed by atoms with Gasteiger partial charge in [0.1, 0.15) is 17.3 Å². The van der Waals surface area contributed by atoms with Gasteiger partial charge in [-0.2, -0.15) is 0 Å². The normalized spacial score (nSPS) is 17.5. The molecule has 0 saturated carbocycles. The molecule has 12 heteroatoms. The second-order valence-electron chi connectivity index (χ2n) is 10.2. The van der Waals surface area contributed by atoms with E-state index in [1.54, 1.807) is 29.2 Å². The number of piperazine rings is 1. The predicted octanol–water partition coefficient (Wildman–Crippen LogP) is 4.04. The average molecular weight is 618 g/mol. The highest BCUT2D eigenvalue weighted by Gasteiger charge is 2.32. The minimum atomic E-state index is -4.12. The number of halogens is 2. The van der Waals surface area contributed by atoms with E-state index in [4.69, 9.17) is 21.1 Å². The highest BCUT2D eigenvalue weighted by atomic mass is 35.5. The van der Waals surface area contributed by atoms with Gasteiger partial charge in [-0.05, 0) is 74.0 Å². The number of hydrogen-bond acceptors (Lipinski definition) is 7. The van der Waals surface area contributed by atoms with E-state index in [0.717, 1.165) is 5.56 Å². The molecule has 3 aromatic rings. The van der Waals surface area contributed by atoms with E-state index in [9.17, 15) is 22.4 Å². The summed E-state index contributed by atoms with van der Waals surface area (Å²) in [6.07, 6.45) is -0.338. The number of nitrogens with zero attached hydrogens (tertiary/aromatic N) is 2. The first-order chi connectivity index (χ1) is 19.9. The maximum absolute atomic E-state index is 13.3. The Hall–Kier alpha value is -3.67. The third kappa shape index (κ3) is 7.99. The van der Waals surface area contributed by atoms with E-state index in [0.29, 0.717) is 36.0 Å². The second kappa shape index (κ2) is 13.5. The molecule has 0 radical (unpaired) electrons. The fourth-order valence-corrected chi connectivity index (χ4v) is 5.99. The summed E-state index contributed by atoms with van der Waals surface area (Å²) in [7, 11) is -2.66. The lowest BCUT2D eigenvalue weighted by Gasteiger charge is -2.44. The van der Waals surface area contributed by atoms with Crippen molar-refractivity contribution in [1.82, 2.24) is 14.5 Å². The van der Waals surface area contributed by atoms with Crippen LogP contribution in [-0.4, -0.2) is 68.9 Å². The summed E-state index contributed by atoms with van der Waals surface area (Å²) in [6.45, 7) is 5.50. The van der Waals surface area contributed by atoms with Crippen molar-refractivity contribution in [2.75, 3.05) is 26.8 Å². The van der Waals surface area contributed by atoms with Crippen LogP contribution >= 0.6 is 11.6 Å². The molecule has 1 aliphatic heterocycles. The number of rotatable bonds is 10. The van der Waals surface area contributed by atoms with Crippen molar-refractivity contribution in [2.45, 2.75) is 43.8 Å². The zero-order valence-corrected chi connectivity index (χ0v) is 25.1. The van der Waals surface area contributed by atoms with E-state index < -0.39 is 15.9 Å². The Morgan fingerprint density at radius 1 is 1.00 bits per heavy atom. The Kier molecular flexibility index (Phi) is 10.1. The van der Waals surface area contributed by atoms with Gasteiger partial charge in [-0.3, -0.25) is 14.5 Å². The molecule has 3 aromatic carbocycles. The van der Waals surface area contributed by atoms with Crippen molar-refractivity contribution in [3.8, 4) is 11.5 Å². The number of amides is 2. The molecule has 1 N–H and O–H groups in total. The molecule has 2 amide bonds. The number of hydrogen-bond donors (Lipinski definition) is 1. The monoisotopic (exact) mass is 617 g/mol. The largest absolute Gasteiger partial charge is 0.497 e. The van der Waals surface area contributed by atoms with Crippen molar-refractivity contribution in [3.63, 3.8) is 0 Å². The smallest absolute Gasteiger partial charge is 0.264 e. The fraction of sp³-hybridized carbons (Fsp3) is 0.333. The van der Waals surface area contributed by atoms with Crippen molar-refractivity contribution in [3.05, 3.63) is 88.7 Å². The van der Waals surface area contributed by atoms with Crippen LogP contribution in [0.1, 0.15) is 25.0 Å². The van der Waals surface area contributed by atoms with Crippen LogP contribution < -0.4 is 14.2 Å². The molecule has 4 rings (SSSR count). The number of methoxy groups -OCH3 is 1. The highest BCUT2D eigenvalue weighted by molar-refractivity contribution is 7.90. The Balaban J connectivity index is 1.36. The lowest BCUT2D eigenvalue weighted by molar-refractivity contribution is -0.139. The number of carbonyl (C=O) groups is 2. The van der Waals surface area contributed by atoms with E-state index >= 15 is 0 Å². The summed E-state index contributed by atoms with van der Waals surface area (Å²) >= 11 is 6.14. The molecule has 2 atom stereocenters. The van der Waals surface area contributed by atoms with Crippen LogP contribution in [0, 0.1) is 5.82 Å². The Bertz CT molecular complexity index is 1520. The number of benzene rings is 3. The first-order valence-electron chi connectivity index (χ1n) is 13.3. The third-order valence-electron chi connectivity index (χ3n) is 7.08. The van der Waals surface area contributed by atoms with Gasteiger partial charge in [0.15, 0.2) is 6.61 Å². The van der Waals surface area contributed by atoms with Crippen molar-refractivity contribution >= 4 is 33.4 Å². The summed E-state index contributed by atoms with van der Waals surface area (Å²) in [5.74, 6) is -0.558. The lowest BCUT2D eigenvalue weighted by Crippen LogP contribution is -2.58. The summed E-state index contributed by atoms with van der Waals surface area (Å²) in [5.41, 5.74) is 1.33. The molecule has 0 spiro atoms. The molecule has 1 saturated heterocycles. The molecule has 2 unspecified atom stereocenters. The third-order valence-corrected chi connectivity index (χ3v) is 8.70. The fourth-order valence-electron chi connectivity index (χ4n) is 4.81. The molecule has 0 bridgehead atoms. The summed E-state index contributed by atoms with van der Waals surface area (Å²) < 4.78 is 51.5. The van der Waals surface area contributed by atoms with Crippen molar-refractivity contribution in [1.29, 1.82) is 0 Å². The zero-order valence-electron chi connectivity index (χ0n) is 23.5. The first-order valence-corrected chi connectivity index (χ1v) is 15.2. The van der Waals surface area contributed by atoms with Gasteiger partial charge < -0.3 is 14.4 Å².